The van der Waals surface area contributed by atoms with E-state index in [1.54, 1.807) is 0 Å². The van der Waals surface area contributed by atoms with E-state index in [1.165, 1.54) is 12.8 Å². The molecule has 1 amide bonds. The number of carbonyl (C=O) groups is 1. The monoisotopic (exact) mass is 269 g/mol. The molecular weight excluding hydrogens is 242 g/mol. The van der Waals surface area contributed by atoms with Gasteiger partial charge in [0.15, 0.2) is 0 Å². The van der Waals surface area contributed by atoms with Gasteiger partial charge in [0.05, 0.1) is 19.3 Å². The minimum absolute atomic E-state index is 0.154. The Morgan fingerprint density at radius 3 is 2.68 bits per heavy atom. The Bertz CT molecular complexity index is 290. The smallest absolute Gasteiger partial charge is 0.234 e. The molecule has 2 heterocycles. The lowest BCUT2D eigenvalue weighted by atomic mass is 10.0. The summed E-state index contributed by atoms with van der Waals surface area (Å²) in [7, 11) is 0. The summed E-state index contributed by atoms with van der Waals surface area (Å²) in [6, 6.07) is 0.678. The van der Waals surface area contributed by atoms with Crippen LogP contribution in [0.4, 0.5) is 0 Å². The Labute approximate surface area is 116 Å². The number of rotatable bonds is 4. The number of amides is 1. The van der Waals surface area contributed by atoms with Crippen molar-refractivity contribution in [3.05, 3.63) is 0 Å². The van der Waals surface area contributed by atoms with Gasteiger partial charge in [0.1, 0.15) is 0 Å². The van der Waals surface area contributed by atoms with Crippen molar-refractivity contribution < 1.29 is 9.53 Å². The highest BCUT2D eigenvalue weighted by atomic mass is 16.5. The van der Waals surface area contributed by atoms with E-state index in [0.29, 0.717) is 18.7 Å². The Morgan fingerprint density at radius 1 is 1.32 bits per heavy atom. The van der Waals surface area contributed by atoms with Gasteiger partial charge in [-0.3, -0.25) is 14.6 Å². The summed E-state index contributed by atoms with van der Waals surface area (Å²) >= 11 is 0. The minimum Gasteiger partial charge on any atom is -0.376 e. The van der Waals surface area contributed by atoms with E-state index < -0.39 is 0 Å². The van der Waals surface area contributed by atoms with Gasteiger partial charge < -0.3 is 10.1 Å². The molecule has 0 aliphatic carbocycles. The molecule has 5 nitrogen and oxygen atoms in total. The van der Waals surface area contributed by atoms with Crippen LogP contribution in [0.3, 0.4) is 0 Å². The Hall–Kier alpha value is -0.650. The van der Waals surface area contributed by atoms with Gasteiger partial charge in [0, 0.05) is 38.8 Å². The Morgan fingerprint density at radius 2 is 2.05 bits per heavy atom. The normalized spacial score (nSPS) is 27.4. The lowest BCUT2D eigenvalue weighted by molar-refractivity contribution is -0.122. The van der Waals surface area contributed by atoms with Crippen LogP contribution in [-0.4, -0.2) is 73.7 Å². The largest absolute Gasteiger partial charge is 0.376 e. The lowest BCUT2D eigenvalue weighted by Crippen LogP contribution is -2.52. The molecule has 2 fully saturated rings. The molecule has 0 saturated carbocycles. The van der Waals surface area contributed by atoms with Gasteiger partial charge in [-0.05, 0) is 26.7 Å². The van der Waals surface area contributed by atoms with Crippen LogP contribution in [0, 0.1) is 0 Å². The zero-order valence-corrected chi connectivity index (χ0v) is 12.2. The highest BCUT2D eigenvalue weighted by Crippen LogP contribution is 2.19. The fourth-order valence-corrected chi connectivity index (χ4v) is 3.08. The Kier molecular flexibility index (Phi) is 5.60. The number of likely N-dealkylation sites (N-methyl/N-ethyl adjacent to an activating group) is 1. The van der Waals surface area contributed by atoms with Crippen LogP contribution in [0.2, 0.25) is 0 Å². The highest BCUT2D eigenvalue weighted by molar-refractivity contribution is 5.77. The van der Waals surface area contributed by atoms with E-state index in [1.807, 2.05) is 6.92 Å². The molecule has 2 saturated heterocycles. The summed E-state index contributed by atoms with van der Waals surface area (Å²) in [6.45, 7) is 10.4. The van der Waals surface area contributed by atoms with Crippen molar-refractivity contribution in [3.63, 3.8) is 0 Å². The number of carbonyl (C=O) groups excluding carboxylic acids is 1. The fraction of sp³-hybridized carbons (Fsp3) is 0.929. The number of ether oxygens (including phenoxy) is 1. The quantitative estimate of drug-likeness (QED) is 0.798. The SMILES string of the molecule is CCNC(=O)CN1CCC(N2CCOC(C)C2)CC1. The molecule has 0 aromatic carbocycles. The van der Waals surface area contributed by atoms with Gasteiger partial charge in [-0.25, -0.2) is 0 Å². The number of piperidine rings is 1. The lowest BCUT2D eigenvalue weighted by Gasteiger charge is -2.41. The van der Waals surface area contributed by atoms with E-state index in [4.69, 9.17) is 4.74 Å². The Balaban J connectivity index is 1.71. The van der Waals surface area contributed by atoms with Crippen molar-refractivity contribution in [1.29, 1.82) is 0 Å². The van der Waals surface area contributed by atoms with Gasteiger partial charge in [0.2, 0.25) is 5.91 Å². The second-order valence-corrected chi connectivity index (χ2v) is 5.64. The van der Waals surface area contributed by atoms with Crippen LogP contribution in [-0.2, 0) is 9.53 Å². The van der Waals surface area contributed by atoms with Crippen LogP contribution in [0.25, 0.3) is 0 Å². The molecule has 5 heteroatoms. The molecule has 0 aromatic heterocycles. The van der Waals surface area contributed by atoms with Crippen molar-refractivity contribution in [2.75, 3.05) is 45.9 Å². The van der Waals surface area contributed by atoms with Gasteiger partial charge in [-0.2, -0.15) is 0 Å². The number of likely N-dealkylation sites (tertiary alicyclic amines) is 1. The van der Waals surface area contributed by atoms with E-state index in [-0.39, 0.29) is 5.91 Å². The molecule has 2 aliphatic rings. The number of morpholine rings is 1. The molecule has 0 aromatic rings. The molecule has 19 heavy (non-hydrogen) atoms. The summed E-state index contributed by atoms with van der Waals surface area (Å²) < 4.78 is 5.59. The van der Waals surface area contributed by atoms with Crippen LogP contribution in [0.5, 0.6) is 0 Å². The van der Waals surface area contributed by atoms with Crippen molar-refractivity contribution in [2.45, 2.75) is 38.8 Å². The predicted octanol–water partition coefficient (Wildman–Crippen LogP) is 0.308. The van der Waals surface area contributed by atoms with E-state index in [2.05, 4.69) is 22.0 Å². The highest BCUT2D eigenvalue weighted by Gasteiger charge is 2.28. The molecular formula is C14H27N3O2. The maximum absolute atomic E-state index is 11.6. The number of nitrogens with one attached hydrogen (secondary N) is 1. The predicted molar refractivity (Wildman–Crippen MR) is 75.1 cm³/mol. The summed E-state index contributed by atoms with van der Waals surface area (Å²) in [5.41, 5.74) is 0. The zero-order chi connectivity index (χ0) is 13.7. The standard InChI is InChI=1S/C14H27N3O2/c1-3-15-14(18)11-16-6-4-13(5-7-16)17-8-9-19-12(2)10-17/h12-13H,3-11H2,1-2H3,(H,15,18). The van der Waals surface area contributed by atoms with Gasteiger partial charge >= 0.3 is 0 Å². The third kappa shape index (κ3) is 4.44. The topological polar surface area (TPSA) is 44.8 Å². The molecule has 1 atom stereocenters. The summed E-state index contributed by atoms with van der Waals surface area (Å²) in [5, 5.41) is 2.87. The fourth-order valence-electron chi connectivity index (χ4n) is 3.08. The first-order valence-electron chi connectivity index (χ1n) is 7.53. The van der Waals surface area contributed by atoms with Gasteiger partial charge in [-0.1, -0.05) is 0 Å². The third-order valence-electron chi connectivity index (χ3n) is 4.09. The number of nitrogens with zero attached hydrogens (tertiary/aromatic N) is 2. The molecule has 110 valence electrons. The summed E-state index contributed by atoms with van der Waals surface area (Å²) in [6.07, 6.45) is 2.71. The maximum atomic E-state index is 11.6. The van der Waals surface area contributed by atoms with Crippen LogP contribution in [0.15, 0.2) is 0 Å². The molecule has 1 N–H and O–H groups in total. The second-order valence-electron chi connectivity index (χ2n) is 5.64. The van der Waals surface area contributed by atoms with Crippen LogP contribution < -0.4 is 5.32 Å². The second kappa shape index (κ2) is 7.22. The number of hydrogen-bond acceptors (Lipinski definition) is 4. The zero-order valence-electron chi connectivity index (χ0n) is 12.2. The first-order chi connectivity index (χ1) is 9.19. The van der Waals surface area contributed by atoms with Crippen molar-refractivity contribution in [1.82, 2.24) is 15.1 Å². The molecule has 1 unspecified atom stereocenters. The number of hydrogen-bond donors (Lipinski definition) is 1. The van der Waals surface area contributed by atoms with Gasteiger partial charge in [0.25, 0.3) is 0 Å². The average molecular weight is 269 g/mol. The maximum Gasteiger partial charge on any atom is 0.234 e. The van der Waals surface area contributed by atoms with E-state index in [0.717, 1.165) is 39.3 Å². The summed E-state index contributed by atoms with van der Waals surface area (Å²) in [5.74, 6) is 0.154. The first-order valence-corrected chi connectivity index (χ1v) is 7.53. The third-order valence-corrected chi connectivity index (χ3v) is 4.09. The van der Waals surface area contributed by atoms with E-state index >= 15 is 0 Å². The molecule has 2 aliphatic heterocycles. The molecule has 0 bridgehead atoms. The van der Waals surface area contributed by atoms with Gasteiger partial charge in [-0.15, -0.1) is 0 Å². The first kappa shape index (κ1) is 14.8. The average Bonchev–Trinajstić information content (AvgIpc) is 2.40. The summed E-state index contributed by atoms with van der Waals surface area (Å²) in [4.78, 5) is 16.4. The van der Waals surface area contributed by atoms with Crippen molar-refractivity contribution in [2.24, 2.45) is 0 Å². The van der Waals surface area contributed by atoms with Crippen LogP contribution >= 0.6 is 0 Å². The molecule has 0 radical (unpaired) electrons. The van der Waals surface area contributed by atoms with Crippen molar-refractivity contribution in [3.8, 4) is 0 Å². The molecule has 0 spiro atoms. The molecule has 2 rings (SSSR count). The van der Waals surface area contributed by atoms with Crippen LogP contribution in [0.1, 0.15) is 26.7 Å². The van der Waals surface area contributed by atoms with Crippen molar-refractivity contribution >= 4 is 5.91 Å². The minimum atomic E-state index is 0.154. The van der Waals surface area contributed by atoms with E-state index in [9.17, 15) is 4.79 Å².